The first-order valence-electron chi connectivity index (χ1n) is 15.5. The summed E-state index contributed by atoms with van der Waals surface area (Å²) in [6, 6.07) is 29.1. The van der Waals surface area contributed by atoms with E-state index in [-0.39, 0.29) is 41.1 Å². The van der Waals surface area contributed by atoms with Gasteiger partial charge in [0.15, 0.2) is 0 Å². The Kier molecular flexibility index (Phi) is 12.0. The molecule has 0 radical (unpaired) electrons. The SMILES string of the molecule is COc1ccc(OC)c(N(CC(=O)N(Cc2ccccc2)[C@H](Cc2ccccc2)C(=O)NCC(C)C)S(=O)(=O)c2ccc(C)cc2)c1. The molecule has 0 aliphatic rings. The molecule has 0 aliphatic carbocycles. The van der Waals surface area contributed by atoms with Crippen molar-refractivity contribution in [2.45, 2.75) is 44.7 Å². The van der Waals surface area contributed by atoms with Crippen LogP contribution < -0.4 is 19.1 Å². The number of amides is 2. The van der Waals surface area contributed by atoms with Crippen molar-refractivity contribution < 1.29 is 27.5 Å². The van der Waals surface area contributed by atoms with Crippen molar-refractivity contribution in [3.05, 3.63) is 120 Å². The van der Waals surface area contributed by atoms with Crippen molar-refractivity contribution in [3.63, 3.8) is 0 Å². The molecule has 0 bridgehead atoms. The lowest BCUT2D eigenvalue weighted by atomic mass is 10.0. The van der Waals surface area contributed by atoms with Gasteiger partial charge in [-0.3, -0.25) is 13.9 Å². The highest BCUT2D eigenvalue weighted by Crippen LogP contribution is 2.36. The first-order valence-corrected chi connectivity index (χ1v) is 16.9. The lowest BCUT2D eigenvalue weighted by Crippen LogP contribution is -2.53. The molecule has 9 nitrogen and oxygen atoms in total. The van der Waals surface area contributed by atoms with Crippen LogP contribution >= 0.6 is 0 Å². The molecule has 47 heavy (non-hydrogen) atoms. The van der Waals surface area contributed by atoms with E-state index in [0.29, 0.717) is 12.3 Å². The number of nitrogens with one attached hydrogen (secondary N) is 1. The number of nitrogens with zero attached hydrogens (tertiary/aromatic N) is 2. The quantitative estimate of drug-likeness (QED) is 0.178. The largest absolute Gasteiger partial charge is 0.497 e. The number of hydrogen-bond acceptors (Lipinski definition) is 6. The molecule has 248 valence electrons. The van der Waals surface area contributed by atoms with E-state index in [0.717, 1.165) is 21.0 Å². The Morgan fingerprint density at radius 2 is 1.43 bits per heavy atom. The Morgan fingerprint density at radius 1 is 0.809 bits per heavy atom. The van der Waals surface area contributed by atoms with Crippen molar-refractivity contribution in [1.82, 2.24) is 10.2 Å². The highest BCUT2D eigenvalue weighted by molar-refractivity contribution is 7.92. The summed E-state index contributed by atoms with van der Waals surface area (Å²) in [6.45, 7) is 5.76. The first-order chi connectivity index (χ1) is 22.5. The summed E-state index contributed by atoms with van der Waals surface area (Å²) < 4.78 is 40.8. The summed E-state index contributed by atoms with van der Waals surface area (Å²) in [5, 5.41) is 3.00. The average molecular weight is 658 g/mol. The maximum Gasteiger partial charge on any atom is 0.264 e. The zero-order valence-corrected chi connectivity index (χ0v) is 28.4. The minimum Gasteiger partial charge on any atom is -0.497 e. The van der Waals surface area contributed by atoms with Gasteiger partial charge < -0.3 is 19.7 Å². The fraction of sp³-hybridized carbons (Fsp3) is 0.297. The van der Waals surface area contributed by atoms with Crippen LogP contribution in [-0.4, -0.2) is 58.5 Å². The Balaban J connectivity index is 1.85. The number of sulfonamides is 1. The maximum absolute atomic E-state index is 14.7. The molecule has 0 heterocycles. The van der Waals surface area contributed by atoms with Crippen molar-refractivity contribution in [1.29, 1.82) is 0 Å². The molecule has 0 spiro atoms. The maximum atomic E-state index is 14.7. The van der Waals surface area contributed by atoms with Gasteiger partial charge in [-0.25, -0.2) is 8.42 Å². The van der Waals surface area contributed by atoms with Gasteiger partial charge in [-0.2, -0.15) is 0 Å². The van der Waals surface area contributed by atoms with E-state index in [1.807, 2.05) is 81.4 Å². The van der Waals surface area contributed by atoms with Crippen LogP contribution in [0.3, 0.4) is 0 Å². The van der Waals surface area contributed by atoms with E-state index in [9.17, 15) is 18.0 Å². The van der Waals surface area contributed by atoms with Crippen LogP contribution in [0.25, 0.3) is 0 Å². The van der Waals surface area contributed by atoms with Gasteiger partial charge in [-0.05, 0) is 48.2 Å². The van der Waals surface area contributed by atoms with Crippen LogP contribution in [0.2, 0.25) is 0 Å². The molecule has 10 heteroatoms. The van der Waals surface area contributed by atoms with E-state index in [4.69, 9.17) is 9.47 Å². The Labute approximate surface area is 278 Å². The number of anilines is 1. The van der Waals surface area contributed by atoms with Crippen LogP contribution in [0.4, 0.5) is 5.69 Å². The molecule has 4 aromatic rings. The van der Waals surface area contributed by atoms with Gasteiger partial charge in [-0.1, -0.05) is 92.2 Å². The number of hydrogen-bond donors (Lipinski definition) is 1. The van der Waals surface area contributed by atoms with Crippen molar-refractivity contribution >= 4 is 27.5 Å². The number of methoxy groups -OCH3 is 2. The van der Waals surface area contributed by atoms with Gasteiger partial charge in [0.05, 0.1) is 24.8 Å². The second kappa shape index (κ2) is 16.1. The summed E-state index contributed by atoms with van der Waals surface area (Å²) >= 11 is 0. The average Bonchev–Trinajstić information content (AvgIpc) is 3.08. The third-order valence-corrected chi connectivity index (χ3v) is 9.47. The molecule has 4 rings (SSSR count). The first kappa shape index (κ1) is 35.0. The van der Waals surface area contributed by atoms with Gasteiger partial charge in [0, 0.05) is 25.6 Å². The fourth-order valence-corrected chi connectivity index (χ4v) is 6.52. The standard InChI is InChI=1S/C37H43N3O6S/c1-27(2)24-38-37(42)34(22-29-12-8-6-9-13-29)39(25-30-14-10-7-11-15-30)36(41)26-40(33-23-31(45-4)18-21-35(33)46-5)47(43,44)32-19-16-28(3)17-20-32/h6-21,23,27,34H,22,24-26H2,1-5H3,(H,38,42)/t34-/m1/s1. The molecule has 0 aliphatic heterocycles. The molecule has 0 aromatic heterocycles. The third kappa shape index (κ3) is 9.13. The minimum atomic E-state index is -4.31. The highest BCUT2D eigenvalue weighted by Gasteiger charge is 2.35. The van der Waals surface area contributed by atoms with E-state index in [1.165, 1.54) is 37.3 Å². The van der Waals surface area contributed by atoms with Crippen LogP contribution in [0.15, 0.2) is 108 Å². The topological polar surface area (TPSA) is 105 Å². The molecule has 0 saturated carbocycles. The van der Waals surface area contributed by atoms with Crippen LogP contribution in [0.1, 0.15) is 30.5 Å². The summed E-state index contributed by atoms with van der Waals surface area (Å²) in [4.78, 5) is 30.0. The Morgan fingerprint density at radius 3 is 2.00 bits per heavy atom. The second-order valence-electron chi connectivity index (χ2n) is 11.7. The van der Waals surface area contributed by atoms with Crippen LogP contribution in [0, 0.1) is 12.8 Å². The van der Waals surface area contributed by atoms with Gasteiger partial charge in [-0.15, -0.1) is 0 Å². The van der Waals surface area contributed by atoms with Crippen LogP contribution in [-0.2, 0) is 32.6 Å². The molecule has 4 aromatic carbocycles. The van der Waals surface area contributed by atoms with Crippen LogP contribution in [0.5, 0.6) is 11.5 Å². The highest BCUT2D eigenvalue weighted by atomic mass is 32.2. The predicted octanol–water partition coefficient (Wildman–Crippen LogP) is 5.62. The number of benzene rings is 4. The lowest BCUT2D eigenvalue weighted by molar-refractivity contribution is -0.140. The number of ether oxygens (including phenoxy) is 2. The predicted molar refractivity (Wildman–Crippen MR) is 184 cm³/mol. The summed E-state index contributed by atoms with van der Waals surface area (Å²) in [5.74, 6) is -0.0769. The fourth-order valence-electron chi connectivity index (χ4n) is 5.10. The third-order valence-electron chi connectivity index (χ3n) is 7.69. The summed E-state index contributed by atoms with van der Waals surface area (Å²) in [5.41, 5.74) is 2.67. The zero-order valence-electron chi connectivity index (χ0n) is 27.6. The van der Waals surface area contributed by atoms with E-state index in [1.54, 1.807) is 24.3 Å². The Hall–Kier alpha value is -4.83. The van der Waals surface area contributed by atoms with E-state index in [2.05, 4.69) is 5.32 Å². The molecular formula is C37H43N3O6S. The monoisotopic (exact) mass is 657 g/mol. The van der Waals surface area contributed by atoms with Crippen molar-refractivity contribution in [2.24, 2.45) is 5.92 Å². The number of aryl methyl sites for hydroxylation is 1. The van der Waals surface area contributed by atoms with Gasteiger partial charge in [0.2, 0.25) is 11.8 Å². The number of carbonyl (C=O) groups is 2. The molecule has 1 N–H and O–H groups in total. The summed E-state index contributed by atoms with van der Waals surface area (Å²) in [7, 11) is -1.40. The molecule has 1 atom stereocenters. The number of carbonyl (C=O) groups excluding carboxylic acids is 2. The van der Waals surface area contributed by atoms with E-state index < -0.39 is 28.5 Å². The summed E-state index contributed by atoms with van der Waals surface area (Å²) in [6.07, 6.45) is 0.233. The normalized spacial score (nSPS) is 11.9. The Bertz CT molecular complexity index is 1730. The van der Waals surface area contributed by atoms with E-state index >= 15 is 0 Å². The molecular weight excluding hydrogens is 614 g/mol. The lowest BCUT2D eigenvalue weighted by Gasteiger charge is -2.34. The van der Waals surface area contributed by atoms with Crippen molar-refractivity contribution in [2.75, 3.05) is 31.6 Å². The van der Waals surface area contributed by atoms with Gasteiger partial charge in [0.25, 0.3) is 10.0 Å². The molecule has 2 amide bonds. The second-order valence-corrected chi connectivity index (χ2v) is 13.6. The smallest absolute Gasteiger partial charge is 0.264 e. The molecule has 0 saturated heterocycles. The van der Waals surface area contributed by atoms with Gasteiger partial charge >= 0.3 is 0 Å². The molecule has 0 unspecified atom stereocenters. The van der Waals surface area contributed by atoms with Gasteiger partial charge in [0.1, 0.15) is 24.1 Å². The molecule has 0 fully saturated rings. The van der Waals surface area contributed by atoms with Crippen molar-refractivity contribution in [3.8, 4) is 11.5 Å². The zero-order chi connectivity index (χ0) is 34.0. The number of rotatable bonds is 15. The minimum absolute atomic E-state index is 0.00546.